The zero-order valence-corrected chi connectivity index (χ0v) is 4.43. The third kappa shape index (κ3) is 1.14. The first-order chi connectivity index (χ1) is 3.43. The van der Waals surface area contributed by atoms with Crippen molar-refractivity contribution >= 4 is 0 Å². The van der Waals surface area contributed by atoms with E-state index in [0.717, 1.165) is 0 Å². The van der Waals surface area contributed by atoms with Crippen LogP contribution in [0.1, 0.15) is 12.8 Å². The average Bonchev–Trinajstić information content (AvgIpc) is 2.14. The molecular formula is C5H12NO+. The number of hydrogen-bond donors (Lipinski definition) is 2. The smallest absolute Gasteiger partial charge is 0.109 e. The highest BCUT2D eigenvalue weighted by Gasteiger charge is 2.15. The lowest BCUT2D eigenvalue weighted by molar-refractivity contribution is -0.671. The van der Waals surface area contributed by atoms with E-state index in [4.69, 9.17) is 5.11 Å². The van der Waals surface area contributed by atoms with Crippen molar-refractivity contribution in [2.75, 3.05) is 13.2 Å². The Labute approximate surface area is 43.5 Å². The van der Waals surface area contributed by atoms with Gasteiger partial charge in [0.25, 0.3) is 0 Å². The van der Waals surface area contributed by atoms with Crippen molar-refractivity contribution in [1.82, 2.24) is 0 Å². The van der Waals surface area contributed by atoms with Crippen molar-refractivity contribution in [3.05, 3.63) is 0 Å². The summed E-state index contributed by atoms with van der Waals surface area (Å²) >= 11 is 0. The molecule has 0 radical (unpaired) electrons. The van der Waals surface area contributed by atoms with Gasteiger partial charge in [-0.1, -0.05) is 0 Å². The zero-order valence-electron chi connectivity index (χ0n) is 4.43. The third-order valence-electron chi connectivity index (χ3n) is 1.51. The largest absolute Gasteiger partial charge is 0.390 e. The monoisotopic (exact) mass is 102 g/mol. The van der Waals surface area contributed by atoms with E-state index >= 15 is 0 Å². The van der Waals surface area contributed by atoms with Gasteiger partial charge >= 0.3 is 0 Å². The average molecular weight is 102 g/mol. The Morgan fingerprint density at radius 1 is 1.71 bits per heavy atom. The molecule has 1 aliphatic heterocycles. The van der Waals surface area contributed by atoms with E-state index in [0.29, 0.717) is 12.6 Å². The minimum Gasteiger partial charge on any atom is -0.390 e. The first-order valence-corrected chi connectivity index (χ1v) is 2.87. The zero-order chi connectivity index (χ0) is 5.11. The first-order valence-electron chi connectivity index (χ1n) is 2.87. The molecule has 0 unspecified atom stereocenters. The van der Waals surface area contributed by atoms with Gasteiger partial charge in [-0.25, -0.2) is 0 Å². The lowest BCUT2D eigenvalue weighted by Crippen LogP contribution is -2.87. The predicted molar refractivity (Wildman–Crippen MR) is 26.9 cm³/mol. The molecule has 7 heavy (non-hydrogen) atoms. The molecule has 42 valence electrons. The molecule has 1 fully saturated rings. The molecule has 1 saturated heterocycles. The van der Waals surface area contributed by atoms with Crippen molar-refractivity contribution in [1.29, 1.82) is 0 Å². The highest BCUT2D eigenvalue weighted by molar-refractivity contribution is 4.55. The maximum absolute atomic E-state index is 8.53. The van der Waals surface area contributed by atoms with E-state index in [1.54, 1.807) is 0 Å². The van der Waals surface area contributed by atoms with Crippen LogP contribution in [0.5, 0.6) is 0 Å². The summed E-state index contributed by atoms with van der Waals surface area (Å²) in [6.07, 6.45) is 2.49. The van der Waals surface area contributed by atoms with Crippen molar-refractivity contribution < 1.29 is 10.4 Å². The molecule has 0 amide bonds. The molecule has 0 aromatic heterocycles. The second-order valence-corrected chi connectivity index (χ2v) is 2.11. The molecule has 1 aliphatic rings. The normalized spacial score (nSPS) is 31.3. The van der Waals surface area contributed by atoms with Crippen LogP contribution in [0, 0.1) is 0 Å². The number of hydrogen-bond acceptors (Lipinski definition) is 1. The summed E-state index contributed by atoms with van der Waals surface area (Å²) < 4.78 is 0. The lowest BCUT2D eigenvalue weighted by atomic mass is 10.2. The van der Waals surface area contributed by atoms with Gasteiger partial charge in [0, 0.05) is 12.8 Å². The van der Waals surface area contributed by atoms with Crippen molar-refractivity contribution in [3.8, 4) is 0 Å². The minimum absolute atomic E-state index is 0.361. The second-order valence-electron chi connectivity index (χ2n) is 2.11. The van der Waals surface area contributed by atoms with Gasteiger partial charge in [-0.15, -0.1) is 0 Å². The summed E-state index contributed by atoms with van der Waals surface area (Å²) in [6, 6.07) is 0.528. The van der Waals surface area contributed by atoms with E-state index < -0.39 is 0 Å². The SMILES string of the molecule is OC[C@@H]1CCC[NH2+]1. The standard InChI is InChI=1S/C5H11NO/c7-4-5-2-1-3-6-5/h5-7H,1-4H2/p+1/t5-/m0/s1. The molecule has 0 aliphatic carbocycles. The maximum atomic E-state index is 8.53. The number of aliphatic hydroxyl groups is 1. The van der Waals surface area contributed by atoms with E-state index in [9.17, 15) is 0 Å². The molecule has 0 aromatic rings. The predicted octanol–water partition coefficient (Wildman–Crippen LogP) is -1.30. The van der Waals surface area contributed by atoms with Crippen LogP contribution in [0.2, 0.25) is 0 Å². The first kappa shape index (κ1) is 5.06. The highest BCUT2D eigenvalue weighted by atomic mass is 16.3. The molecule has 1 heterocycles. The Kier molecular flexibility index (Phi) is 1.65. The summed E-state index contributed by atoms with van der Waals surface area (Å²) in [6.45, 7) is 1.57. The molecule has 0 saturated carbocycles. The molecular weight excluding hydrogens is 90.1 g/mol. The van der Waals surface area contributed by atoms with Gasteiger partial charge < -0.3 is 10.4 Å². The maximum Gasteiger partial charge on any atom is 0.109 e. The number of rotatable bonds is 1. The van der Waals surface area contributed by atoms with Crippen molar-refractivity contribution in [2.24, 2.45) is 0 Å². The van der Waals surface area contributed by atoms with Crippen LogP contribution in [-0.2, 0) is 0 Å². The minimum atomic E-state index is 0.361. The van der Waals surface area contributed by atoms with Gasteiger partial charge in [-0.05, 0) is 0 Å². The fraction of sp³-hybridized carbons (Fsp3) is 1.00. The fourth-order valence-corrected chi connectivity index (χ4v) is 1.02. The Bertz CT molecular complexity index is 50.0. The van der Waals surface area contributed by atoms with Gasteiger partial charge in [-0.2, -0.15) is 0 Å². The molecule has 3 N–H and O–H groups in total. The Balaban J connectivity index is 2.14. The quantitative estimate of drug-likeness (QED) is 0.424. The van der Waals surface area contributed by atoms with Gasteiger partial charge in [0.2, 0.25) is 0 Å². The number of nitrogens with two attached hydrogens (primary N) is 1. The molecule has 1 rings (SSSR count). The summed E-state index contributed by atoms with van der Waals surface area (Å²) in [7, 11) is 0. The van der Waals surface area contributed by atoms with Crippen LogP contribution >= 0.6 is 0 Å². The van der Waals surface area contributed by atoms with Gasteiger partial charge in [0.15, 0.2) is 0 Å². The topological polar surface area (TPSA) is 36.8 Å². The number of aliphatic hydroxyl groups excluding tert-OH is 1. The van der Waals surface area contributed by atoms with E-state index in [1.165, 1.54) is 19.4 Å². The van der Waals surface area contributed by atoms with Gasteiger partial charge in [0.1, 0.15) is 6.04 Å². The number of quaternary nitrogens is 1. The molecule has 2 nitrogen and oxygen atoms in total. The fourth-order valence-electron chi connectivity index (χ4n) is 1.02. The van der Waals surface area contributed by atoms with Crippen molar-refractivity contribution in [2.45, 2.75) is 18.9 Å². The van der Waals surface area contributed by atoms with Gasteiger partial charge in [0.05, 0.1) is 13.2 Å². The van der Waals surface area contributed by atoms with E-state index in [-0.39, 0.29) is 0 Å². The van der Waals surface area contributed by atoms with Crippen LogP contribution in [-0.4, -0.2) is 24.3 Å². The van der Waals surface area contributed by atoms with E-state index in [1.807, 2.05) is 0 Å². The Morgan fingerprint density at radius 2 is 2.57 bits per heavy atom. The molecule has 0 spiro atoms. The second kappa shape index (κ2) is 2.28. The summed E-state index contributed by atoms with van der Waals surface area (Å²) in [5.74, 6) is 0. The van der Waals surface area contributed by atoms with Crippen LogP contribution < -0.4 is 5.32 Å². The Hall–Kier alpha value is -0.0800. The third-order valence-corrected chi connectivity index (χ3v) is 1.51. The van der Waals surface area contributed by atoms with E-state index in [2.05, 4.69) is 5.32 Å². The molecule has 2 heteroatoms. The van der Waals surface area contributed by atoms with Gasteiger partial charge in [-0.3, -0.25) is 0 Å². The highest BCUT2D eigenvalue weighted by Crippen LogP contribution is 1.94. The van der Waals surface area contributed by atoms with Crippen LogP contribution in [0.25, 0.3) is 0 Å². The summed E-state index contributed by atoms with van der Waals surface area (Å²) in [5, 5.41) is 10.7. The molecule has 0 aromatic carbocycles. The molecule has 0 bridgehead atoms. The van der Waals surface area contributed by atoms with Crippen LogP contribution in [0.4, 0.5) is 0 Å². The van der Waals surface area contributed by atoms with Crippen molar-refractivity contribution in [3.63, 3.8) is 0 Å². The lowest BCUT2D eigenvalue weighted by Gasteiger charge is -1.97. The molecule has 1 atom stereocenters. The summed E-state index contributed by atoms with van der Waals surface area (Å²) in [5.41, 5.74) is 0. The summed E-state index contributed by atoms with van der Waals surface area (Å²) in [4.78, 5) is 0. The van der Waals surface area contributed by atoms with Crippen LogP contribution in [0.15, 0.2) is 0 Å². The van der Waals surface area contributed by atoms with Crippen LogP contribution in [0.3, 0.4) is 0 Å². The Morgan fingerprint density at radius 3 is 2.86 bits per heavy atom.